The second-order valence-corrected chi connectivity index (χ2v) is 7.24. The second-order valence-electron chi connectivity index (χ2n) is 7.24. The van der Waals surface area contributed by atoms with Crippen LogP contribution < -0.4 is 0 Å². The van der Waals surface area contributed by atoms with E-state index in [2.05, 4.69) is 9.88 Å². The molecule has 1 aliphatic carbocycles. The summed E-state index contributed by atoms with van der Waals surface area (Å²) in [6.45, 7) is 3.86. The predicted octanol–water partition coefficient (Wildman–Crippen LogP) is 1.64. The zero-order valence-corrected chi connectivity index (χ0v) is 14.5. The van der Waals surface area contributed by atoms with Crippen LogP contribution in [-0.4, -0.2) is 60.9 Å². The van der Waals surface area contributed by atoms with Gasteiger partial charge < -0.3 is 19.1 Å². The smallest absolute Gasteiger partial charge is 0.228 e. The van der Waals surface area contributed by atoms with Crippen molar-refractivity contribution in [2.24, 2.45) is 11.8 Å². The molecular formula is C19H26N2O4. The van der Waals surface area contributed by atoms with Crippen molar-refractivity contribution in [1.82, 2.24) is 9.88 Å². The first kappa shape index (κ1) is 16.9. The third-order valence-corrected chi connectivity index (χ3v) is 5.53. The van der Waals surface area contributed by atoms with Gasteiger partial charge in [-0.2, -0.15) is 0 Å². The third kappa shape index (κ3) is 3.86. The van der Waals surface area contributed by atoms with E-state index < -0.39 is 0 Å². The van der Waals surface area contributed by atoms with E-state index in [-0.39, 0.29) is 24.0 Å². The Morgan fingerprint density at radius 3 is 3.08 bits per heavy atom. The molecule has 4 unspecified atom stereocenters. The highest BCUT2D eigenvalue weighted by molar-refractivity contribution is 5.79. The van der Waals surface area contributed by atoms with Gasteiger partial charge in [-0.3, -0.25) is 9.78 Å². The third-order valence-electron chi connectivity index (χ3n) is 5.53. The molecule has 1 saturated carbocycles. The molecule has 0 N–H and O–H groups in total. The number of ether oxygens (including phenoxy) is 3. The molecule has 0 radical (unpaired) electrons. The Hall–Kier alpha value is -1.50. The van der Waals surface area contributed by atoms with Gasteiger partial charge in [-0.05, 0) is 37.3 Å². The molecule has 2 saturated heterocycles. The minimum Gasteiger partial charge on any atom is -0.381 e. The summed E-state index contributed by atoms with van der Waals surface area (Å²) < 4.78 is 17.2. The molecular weight excluding hydrogens is 320 g/mol. The van der Waals surface area contributed by atoms with Crippen molar-refractivity contribution in [2.45, 2.75) is 38.0 Å². The first-order chi connectivity index (χ1) is 12.3. The number of morpholine rings is 1. The lowest BCUT2D eigenvalue weighted by Crippen LogP contribution is -2.53. The van der Waals surface area contributed by atoms with Gasteiger partial charge in [-0.15, -0.1) is 0 Å². The summed E-state index contributed by atoms with van der Waals surface area (Å²) in [7, 11) is 0. The molecule has 3 fully saturated rings. The number of hydrogen-bond acceptors (Lipinski definition) is 5. The van der Waals surface area contributed by atoms with Crippen molar-refractivity contribution in [1.29, 1.82) is 0 Å². The summed E-state index contributed by atoms with van der Waals surface area (Å²) >= 11 is 0. The van der Waals surface area contributed by atoms with Crippen molar-refractivity contribution in [3.63, 3.8) is 0 Å². The Balaban J connectivity index is 1.30. The van der Waals surface area contributed by atoms with E-state index in [4.69, 9.17) is 14.2 Å². The molecule has 2 aliphatic heterocycles. The largest absolute Gasteiger partial charge is 0.381 e. The predicted molar refractivity (Wildman–Crippen MR) is 90.8 cm³/mol. The van der Waals surface area contributed by atoms with Crippen molar-refractivity contribution in [3.05, 3.63) is 30.1 Å². The number of amides is 1. The van der Waals surface area contributed by atoms with Crippen molar-refractivity contribution < 1.29 is 19.0 Å². The molecule has 4 atom stereocenters. The quantitative estimate of drug-likeness (QED) is 0.811. The first-order valence-corrected chi connectivity index (χ1v) is 9.29. The number of nitrogens with zero attached hydrogens (tertiary/aromatic N) is 2. The van der Waals surface area contributed by atoms with Gasteiger partial charge in [0.1, 0.15) is 0 Å². The van der Waals surface area contributed by atoms with Crippen LogP contribution in [0.1, 0.15) is 25.0 Å². The summed E-state index contributed by atoms with van der Waals surface area (Å²) in [6, 6.07) is 6.05. The summed E-state index contributed by atoms with van der Waals surface area (Å²) in [5, 5.41) is 0. The normalized spacial score (nSPS) is 31.9. The Labute approximate surface area is 148 Å². The fraction of sp³-hybridized carbons (Fsp3) is 0.684. The van der Waals surface area contributed by atoms with Gasteiger partial charge in [0.25, 0.3) is 0 Å². The van der Waals surface area contributed by atoms with E-state index in [1.807, 2.05) is 18.2 Å². The van der Waals surface area contributed by atoms with Crippen LogP contribution in [0.25, 0.3) is 0 Å². The topological polar surface area (TPSA) is 60.9 Å². The van der Waals surface area contributed by atoms with Gasteiger partial charge in [-0.25, -0.2) is 0 Å². The lowest BCUT2D eigenvalue weighted by molar-refractivity contribution is -0.148. The molecule has 3 aliphatic rings. The van der Waals surface area contributed by atoms with Crippen LogP contribution in [0.3, 0.4) is 0 Å². The van der Waals surface area contributed by atoms with Gasteiger partial charge >= 0.3 is 0 Å². The molecule has 0 spiro atoms. The number of pyridine rings is 1. The summed E-state index contributed by atoms with van der Waals surface area (Å²) in [5.74, 6) is 0.732. The van der Waals surface area contributed by atoms with E-state index in [0.717, 1.165) is 25.0 Å². The fourth-order valence-corrected chi connectivity index (χ4v) is 4.24. The van der Waals surface area contributed by atoms with Gasteiger partial charge in [-0.1, -0.05) is 6.07 Å². The molecule has 1 aromatic heterocycles. The Bertz CT molecular complexity index is 576. The Kier molecular flexibility index (Phi) is 5.29. The zero-order valence-electron chi connectivity index (χ0n) is 14.5. The van der Waals surface area contributed by atoms with E-state index in [1.54, 1.807) is 6.20 Å². The Morgan fingerprint density at radius 1 is 1.32 bits per heavy atom. The van der Waals surface area contributed by atoms with Crippen LogP contribution in [0.2, 0.25) is 0 Å². The maximum Gasteiger partial charge on any atom is 0.228 e. The highest BCUT2D eigenvalue weighted by atomic mass is 16.5. The lowest BCUT2D eigenvalue weighted by Gasteiger charge is -2.38. The van der Waals surface area contributed by atoms with Gasteiger partial charge in [0.15, 0.2) is 0 Å². The molecule has 136 valence electrons. The second kappa shape index (κ2) is 7.81. The van der Waals surface area contributed by atoms with E-state index in [9.17, 15) is 4.79 Å². The van der Waals surface area contributed by atoms with Crippen molar-refractivity contribution in [2.75, 3.05) is 33.0 Å². The molecule has 1 aromatic rings. The van der Waals surface area contributed by atoms with Gasteiger partial charge in [0.05, 0.1) is 50.2 Å². The molecule has 3 heterocycles. The highest BCUT2D eigenvalue weighted by Gasteiger charge is 2.44. The number of hydrogen-bond donors (Lipinski definition) is 0. The monoisotopic (exact) mass is 346 g/mol. The highest BCUT2D eigenvalue weighted by Crippen LogP contribution is 2.35. The van der Waals surface area contributed by atoms with Crippen LogP contribution in [0.5, 0.6) is 0 Å². The van der Waals surface area contributed by atoms with E-state index >= 15 is 0 Å². The maximum absolute atomic E-state index is 12.8. The molecule has 25 heavy (non-hydrogen) atoms. The van der Waals surface area contributed by atoms with Crippen LogP contribution >= 0.6 is 0 Å². The van der Waals surface area contributed by atoms with Crippen LogP contribution in [-0.2, 0) is 25.6 Å². The minimum absolute atomic E-state index is 0.0400. The molecule has 1 amide bonds. The average molecular weight is 346 g/mol. The summed E-state index contributed by atoms with van der Waals surface area (Å²) in [4.78, 5) is 19.1. The Morgan fingerprint density at radius 2 is 2.28 bits per heavy atom. The standard InChI is InChI=1S/C19H26N2O4/c22-19(15-4-7-23-12-15)21-6-8-25-18-10-14(9-17(18)21)11-24-13-16-3-1-2-5-20-16/h1-3,5,14-15,17-18H,4,6-13H2. The summed E-state index contributed by atoms with van der Waals surface area (Å²) in [5.41, 5.74) is 0.951. The molecule has 6 nitrogen and oxygen atoms in total. The van der Waals surface area contributed by atoms with Crippen molar-refractivity contribution >= 4 is 5.91 Å². The molecule has 0 bridgehead atoms. The van der Waals surface area contributed by atoms with Crippen LogP contribution in [0.15, 0.2) is 24.4 Å². The molecule has 6 heteroatoms. The fourth-order valence-electron chi connectivity index (χ4n) is 4.24. The molecule has 0 aromatic carbocycles. The van der Waals surface area contributed by atoms with Crippen LogP contribution in [0.4, 0.5) is 0 Å². The van der Waals surface area contributed by atoms with E-state index in [0.29, 0.717) is 45.5 Å². The maximum atomic E-state index is 12.8. The number of rotatable bonds is 5. The number of carbonyl (C=O) groups is 1. The number of aromatic nitrogens is 1. The number of fused-ring (bicyclic) bond motifs is 1. The van der Waals surface area contributed by atoms with Crippen molar-refractivity contribution in [3.8, 4) is 0 Å². The van der Waals surface area contributed by atoms with E-state index in [1.165, 1.54) is 0 Å². The first-order valence-electron chi connectivity index (χ1n) is 9.29. The minimum atomic E-state index is 0.0400. The summed E-state index contributed by atoms with van der Waals surface area (Å²) in [6.07, 6.45) is 4.73. The SMILES string of the molecule is O=C(C1CCOC1)N1CCOC2CC(COCc3ccccn3)CC21. The van der Waals surface area contributed by atoms with Gasteiger partial charge in [0.2, 0.25) is 5.91 Å². The molecule has 4 rings (SSSR count). The number of carbonyl (C=O) groups excluding carboxylic acids is 1. The zero-order chi connectivity index (χ0) is 17.1. The van der Waals surface area contributed by atoms with Gasteiger partial charge in [0, 0.05) is 19.3 Å². The van der Waals surface area contributed by atoms with Crippen LogP contribution in [0, 0.1) is 11.8 Å². The lowest BCUT2D eigenvalue weighted by atomic mass is 10.0. The average Bonchev–Trinajstić information content (AvgIpc) is 3.31.